The minimum atomic E-state index is -4.34. The first-order valence-corrected chi connectivity index (χ1v) is 3.32. The van der Waals surface area contributed by atoms with Crippen LogP contribution < -0.4 is 5.73 Å². The molecule has 0 saturated carbocycles. The summed E-state index contributed by atoms with van der Waals surface area (Å²) >= 11 is 0. The maximum Gasteiger partial charge on any atom is 0.391 e. The summed E-state index contributed by atoms with van der Waals surface area (Å²) in [5.74, 6) is 0. The molecule has 0 amide bonds. The molecule has 0 aromatic rings. The number of nitrogens with two attached hydrogens (primary N) is 1. The maximum atomic E-state index is 11.7. The quantitative estimate of drug-likeness (QED) is 0.666. The summed E-state index contributed by atoms with van der Waals surface area (Å²) in [4.78, 5) is 0. The maximum absolute atomic E-state index is 11.7. The average Bonchev–Trinajstić information content (AvgIpc) is 1.84. The van der Waals surface area contributed by atoms with Gasteiger partial charge in [0.1, 0.15) is 0 Å². The molecule has 0 heterocycles. The van der Waals surface area contributed by atoms with E-state index < -0.39 is 18.2 Å². The van der Waals surface area contributed by atoms with E-state index in [0.717, 1.165) is 0 Å². The van der Waals surface area contributed by atoms with Gasteiger partial charge in [-0.1, -0.05) is 6.92 Å². The first kappa shape index (κ1) is 10.7. The molecule has 0 aliphatic carbocycles. The highest BCUT2D eigenvalue weighted by Crippen LogP contribution is 2.28. The van der Waals surface area contributed by atoms with E-state index in [9.17, 15) is 13.2 Å². The van der Waals surface area contributed by atoms with Crippen LogP contribution in [0.3, 0.4) is 0 Å². The lowest BCUT2D eigenvalue weighted by molar-refractivity contribution is -0.174. The molecule has 0 aromatic heterocycles. The minimum absolute atomic E-state index is 0.0169. The van der Waals surface area contributed by atoms with Gasteiger partial charge < -0.3 is 10.8 Å². The van der Waals surface area contributed by atoms with Crippen LogP contribution in [0, 0.1) is 0 Å². The van der Waals surface area contributed by atoms with Crippen LogP contribution in [0.4, 0.5) is 13.2 Å². The van der Waals surface area contributed by atoms with Crippen LogP contribution in [0.5, 0.6) is 0 Å². The molecule has 0 aromatic carbocycles. The Kier molecular flexibility index (Phi) is 3.31. The van der Waals surface area contributed by atoms with E-state index in [-0.39, 0.29) is 13.0 Å². The van der Waals surface area contributed by atoms with E-state index in [1.54, 1.807) is 0 Å². The van der Waals surface area contributed by atoms with Gasteiger partial charge in [0.25, 0.3) is 0 Å². The molecule has 1 unspecified atom stereocenters. The van der Waals surface area contributed by atoms with Gasteiger partial charge in [0.15, 0.2) is 0 Å². The molecule has 11 heavy (non-hydrogen) atoms. The molecular weight excluding hydrogens is 159 g/mol. The van der Waals surface area contributed by atoms with Crippen LogP contribution in [0.2, 0.25) is 0 Å². The van der Waals surface area contributed by atoms with Crippen LogP contribution in [0.1, 0.15) is 19.8 Å². The highest BCUT2D eigenvalue weighted by molar-refractivity contribution is 4.80. The Morgan fingerprint density at radius 3 is 1.91 bits per heavy atom. The zero-order valence-electron chi connectivity index (χ0n) is 6.28. The lowest BCUT2D eigenvalue weighted by Crippen LogP contribution is -2.41. The van der Waals surface area contributed by atoms with E-state index in [2.05, 4.69) is 0 Å². The van der Waals surface area contributed by atoms with Crippen LogP contribution in [0.15, 0.2) is 0 Å². The summed E-state index contributed by atoms with van der Waals surface area (Å²) in [6.45, 7) is 1.11. The van der Waals surface area contributed by atoms with Gasteiger partial charge >= 0.3 is 6.18 Å². The Bertz CT molecular complexity index is 119. The first-order chi connectivity index (χ1) is 4.83. The second-order valence-corrected chi connectivity index (χ2v) is 2.57. The van der Waals surface area contributed by atoms with Crippen molar-refractivity contribution < 1.29 is 18.3 Å². The van der Waals surface area contributed by atoms with Gasteiger partial charge in [-0.05, 0) is 6.42 Å². The fourth-order valence-electron chi connectivity index (χ4n) is 0.715. The van der Waals surface area contributed by atoms with Crippen molar-refractivity contribution in [3.8, 4) is 0 Å². The Hall–Kier alpha value is -0.290. The molecule has 1 atom stereocenters. The molecule has 0 aliphatic heterocycles. The van der Waals surface area contributed by atoms with E-state index in [1.165, 1.54) is 6.92 Å². The summed E-state index contributed by atoms with van der Waals surface area (Å²) < 4.78 is 35.1. The van der Waals surface area contributed by atoms with Crippen molar-refractivity contribution in [3.05, 3.63) is 0 Å². The molecular formula is C6H12F3NO. The van der Waals surface area contributed by atoms with Crippen molar-refractivity contribution in [2.45, 2.75) is 31.5 Å². The minimum Gasteiger partial charge on any atom is -0.388 e. The lowest BCUT2D eigenvalue weighted by Gasteiger charge is -2.25. The van der Waals surface area contributed by atoms with Crippen LogP contribution >= 0.6 is 0 Å². The molecule has 3 N–H and O–H groups in total. The Labute approximate surface area is 63.2 Å². The van der Waals surface area contributed by atoms with Crippen LogP contribution in [-0.4, -0.2) is 23.4 Å². The standard InChI is InChI=1S/C6H12F3NO/c1-2-5(11,4-10)3-6(7,8)9/h11H,2-4,10H2,1H3. The topological polar surface area (TPSA) is 46.2 Å². The molecule has 0 rings (SSSR count). The molecule has 0 radical (unpaired) electrons. The fourth-order valence-corrected chi connectivity index (χ4v) is 0.715. The average molecular weight is 171 g/mol. The van der Waals surface area contributed by atoms with E-state index >= 15 is 0 Å². The molecule has 5 heteroatoms. The molecule has 0 aliphatic rings. The predicted molar refractivity (Wildman–Crippen MR) is 35.0 cm³/mol. The molecule has 0 spiro atoms. The molecule has 68 valence electrons. The van der Waals surface area contributed by atoms with Crippen molar-refractivity contribution >= 4 is 0 Å². The normalized spacial score (nSPS) is 18.0. The van der Waals surface area contributed by atoms with E-state index in [0.29, 0.717) is 0 Å². The summed E-state index contributed by atoms with van der Waals surface area (Å²) in [6.07, 6.45) is -5.56. The van der Waals surface area contributed by atoms with Crippen molar-refractivity contribution in [2.75, 3.05) is 6.54 Å². The number of rotatable bonds is 3. The summed E-state index contributed by atoms with van der Waals surface area (Å²) in [6, 6.07) is 0. The van der Waals surface area contributed by atoms with Crippen LogP contribution in [0.25, 0.3) is 0 Å². The van der Waals surface area contributed by atoms with Gasteiger partial charge in [-0.25, -0.2) is 0 Å². The summed E-state index contributed by atoms with van der Waals surface area (Å²) in [5.41, 5.74) is 3.20. The van der Waals surface area contributed by atoms with Gasteiger partial charge in [0.05, 0.1) is 12.0 Å². The van der Waals surface area contributed by atoms with Crippen molar-refractivity contribution in [3.63, 3.8) is 0 Å². The van der Waals surface area contributed by atoms with Gasteiger partial charge in [0, 0.05) is 6.54 Å². The largest absolute Gasteiger partial charge is 0.391 e. The third-order valence-corrected chi connectivity index (χ3v) is 1.57. The third kappa shape index (κ3) is 4.21. The highest BCUT2D eigenvalue weighted by atomic mass is 19.4. The SMILES string of the molecule is CCC(O)(CN)CC(F)(F)F. The molecule has 0 fully saturated rings. The van der Waals surface area contributed by atoms with Crippen molar-refractivity contribution in [1.29, 1.82) is 0 Å². The molecule has 2 nitrogen and oxygen atoms in total. The Balaban J connectivity index is 4.08. The van der Waals surface area contributed by atoms with Crippen LogP contribution in [-0.2, 0) is 0 Å². The van der Waals surface area contributed by atoms with E-state index in [1.807, 2.05) is 0 Å². The van der Waals surface area contributed by atoms with Crippen molar-refractivity contribution in [1.82, 2.24) is 0 Å². The number of hydrogen-bond donors (Lipinski definition) is 2. The Morgan fingerprint density at radius 1 is 1.36 bits per heavy atom. The Morgan fingerprint density at radius 2 is 1.82 bits per heavy atom. The number of alkyl halides is 3. The smallest absolute Gasteiger partial charge is 0.388 e. The summed E-state index contributed by atoms with van der Waals surface area (Å²) in [5, 5.41) is 9.12. The number of halogens is 3. The molecule has 0 saturated heterocycles. The lowest BCUT2D eigenvalue weighted by atomic mass is 9.97. The molecule has 0 bridgehead atoms. The second kappa shape index (κ2) is 3.40. The second-order valence-electron chi connectivity index (χ2n) is 2.57. The zero-order valence-corrected chi connectivity index (χ0v) is 6.28. The monoisotopic (exact) mass is 171 g/mol. The summed E-state index contributed by atoms with van der Waals surface area (Å²) in [7, 11) is 0. The number of hydrogen-bond acceptors (Lipinski definition) is 2. The van der Waals surface area contributed by atoms with Crippen molar-refractivity contribution in [2.24, 2.45) is 5.73 Å². The predicted octanol–water partition coefficient (Wildman–Crippen LogP) is 1.04. The van der Waals surface area contributed by atoms with E-state index in [4.69, 9.17) is 10.8 Å². The highest BCUT2D eigenvalue weighted by Gasteiger charge is 2.39. The van der Waals surface area contributed by atoms with Gasteiger partial charge in [0.2, 0.25) is 0 Å². The van der Waals surface area contributed by atoms with Gasteiger partial charge in [-0.3, -0.25) is 0 Å². The third-order valence-electron chi connectivity index (χ3n) is 1.57. The van der Waals surface area contributed by atoms with Gasteiger partial charge in [-0.2, -0.15) is 13.2 Å². The number of aliphatic hydroxyl groups is 1. The van der Waals surface area contributed by atoms with Gasteiger partial charge in [-0.15, -0.1) is 0 Å². The zero-order chi connectivity index (χ0) is 9.12. The first-order valence-electron chi connectivity index (χ1n) is 3.32. The fraction of sp³-hybridized carbons (Fsp3) is 1.00.